The molecule has 3 heteroatoms. The second-order valence-corrected chi connectivity index (χ2v) is 4.34. The van der Waals surface area contributed by atoms with E-state index in [0.717, 1.165) is 16.9 Å². The van der Waals surface area contributed by atoms with E-state index in [4.69, 9.17) is 10.00 Å². The molecule has 0 amide bonds. The van der Waals surface area contributed by atoms with Crippen molar-refractivity contribution in [2.75, 3.05) is 0 Å². The maximum atomic E-state index is 9.63. The van der Waals surface area contributed by atoms with Crippen LogP contribution in [0.25, 0.3) is 0 Å². The van der Waals surface area contributed by atoms with Gasteiger partial charge in [-0.15, -0.1) is 0 Å². The first-order valence-corrected chi connectivity index (χ1v) is 6.05. The van der Waals surface area contributed by atoms with E-state index in [1.807, 2.05) is 49.4 Å². The average Bonchev–Trinajstić information content (AvgIpc) is 2.45. The molecule has 1 N–H and O–H groups in total. The van der Waals surface area contributed by atoms with E-state index in [-0.39, 0.29) is 0 Å². The molecule has 0 saturated heterocycles. The first kappa shape index (κ1) is 13.1. The second kappa shape index (κ2) is 6.03. The zero-order valence-corrected chi connectivity index (χ0v) is 10.7. The van der Waals surface area contributed by atoms with Gasteiger partial charge in [-0.25, -0.2) is 0 Å². The highest BCUT2D eigenvalue weighted by Gasteiger charge is 2.11. The summed E-state index contributed by atoms with van der Waals surface area (Å²) in [5.74, 6) is 0.779. The van der Waals surface area contributed by atoms with Gasteiger partial charge in [0.1, 0.15) is 12.4 Å². The lowest BCUT2D eigenvalue weighted by Gasteiger charge is -2.12. The SMILES string of the molecule is Cc1cccc(OCc2ccccc2[C@@H](O)C#N)c1. The van der Waals surface area contributed by atoms with Gasteiger partial charge in [0.15, 0.2) is 6.10 Å². The number of aryl methyl sites for hydroxylation is 1. The lowest BCUT2D eigenvalue weighted by Crippen LogP contribution is -2.03. The molecule has 0 saturated carbocycles. The smallest absolute Gasteiger partial charge is 0.166 e. The Hall–Kier alpha value is -2.31. The number of aliphatic hydroxyl groups excluding tert-OH is 1. The molecule has 0 aliphatic rings. The minimum absolute atomic E-state index is 0.332. The summed E-state index contributed by atoms with van der Waals surface area (Å²) in [7, 11) is 0. The number of benzene rings is 2. The van der Waals surface area contributed by atoms with Crippen molar-refractivity contribution < 1.29 is 9.84 Å². The topological polar surface area (TPSA) is 53.2 Å². The summed E-state index contributed by atoms with van der Waals surface area (Å²) in [6.07, 6.45) is -1.11. The van der Waals surface area contributed by atoms with Gasteiger partial charge >= 0.3 is 0 Å². The number of nitrogens with zero attached hydrogens (tertiary/aromatic N) is 1. The highest BCUT2D eigenvalue weighted by atomic mass is 16.5. The molecular formula is C16H15NO2. The molecule has 0 heterocycles. The van der Waals surface area contributed by atoms with Gasteiger partial charge in [0.2, 0.25) is 0 Å². The van der Waals surface area contributed by atoms with E-state index in [0.29, 0.717) is 12.2 Å². The van der Waals surface area contributed by atoms with E-state index in [1.54, 1.807) is 12.1 Å². The van der Waals surface area contributed by atoms with Crippen molar-refractivity contribution in [3.63, 3.8) is 0 Å². The summed E-state index contributed by atoms with van der Waals surface area (Å²) in [5, 5.41) is 18.4. The molecule has 3 nitrogen and oxygen atoms in total. The molecule has 1 atom stereocenters. The van der Waals surface area contributed by atoms with Crippen molar-refractivity contribution in [1.29, 1.82) is 5.26 Å². The molecule has 0 spiro atoms. The highest BCUT2D eigenvalue weighted by Crippen LogP contribution is 2.20. The fourth-order valence-corrected chi connectivity index (χ4v) is 1.87. The molecule has 19 heavy (non-hydrogen) atoms. The van der Waals surface area contributed by atoms with Crippen LogP contribution in [0.1, 0.15) is 22.8 Å². The van der Waals surface area contributed by atoms with Gasteiger partial charge in [-0.3, -0.25) is 0 Å². The molecule has 0 aliphatic heterocycles. The van der Waals surface area contributed by atoms with E-state index < -0.39 is 6.10 Å². The molecule has 96 valence electrons. The summed E-state index contributed by atoms with van der Waals surface area (Å²) in [5.41, 5.74) is 2.54. The van der Waals surface area contributed by atoms with Crippen LogP contribution < -0.4 is 4.74 Å². The van der Waals surface area contributed by atoms with E-state index in [1.165, 1.54) is 0 Å². The number of ether oxygens (including phenoxy) is 1. The Morgan fingerprint density at radius 2 is 2.00 bits per heavy atom. The maximum Gasteiger partial charge on any atom is 0.166 e. The normalized spacial score (nSPS) is 11.6. The third kappa shape index (κ3) is 3.34. The lowest BCUT2D eigenvalue weighted by atomic mass is 10.0. The van der Waals surface area contributed by atoms with Crippen LogP contribution in [-0.2, 0) is 6.61 Å². The number of aliphatic hydroxyl groups is 1. The van der Waals surface area contributed by atoms with Crippen LogP contribution in [0.3, 0.4) is 0 Å². The van der Waals surface area contributed by atoms with E-state index in [9.17, 15) is 5.11 Å². The van der Waals surface area contributed by atoms with Gasteiger partial charge < -0.3 is 9.84 Å². The Kier molecular flexibility index (Phi) is 4.17. The van der Waals surface area contributed by atoms with Crippen LogP contribution >= 0.6 is 0 Å². The molecule has 0 unspecified atom stereocenters. The summed E-state index contributed by atoms with van der Waals surface area (Å²) in [4.78, 5) is 0. The molecule has 2 rings (SSSR count). The standard InChI is InChI=1S/C16H15NO2/c1-12-5-4-7-14(9-12)19-11-13-6-2-3-8-15(13)16(18)10-17/h2-9,16,18H,11H2,1H3/t16-/m0/s1. The minimum Gasteiger partial charge on any atom is -0.489 e. The first-order chi connectivity index (χ1) is 9.20. The Bertz CT molecular complexity index is 602. The molecule has 0 fully saturated rings. The zero-order valence-electron chi connectivity index (χ0n) is 10.7. The van der Waals surface area contributed by atoms with Crippen LogP contribution in [0.4, 0.5) is 0 Å². The monoisotopic (exact) mass is 253 g/mol. The Balaban J connectivity index is 2.14. The first-order valence-electron chi connectivity index (χ1n) is 6.05. The van der Waals surface area contributed by atoms with Gasteiger partial charge in [0, 0.05) is 5.56 Å². The van der Waals surface area contributed by atoms with Crippen molar-refractivity contribution in [2.45, 2.75) is 19.6 Å². The van der Waals surface area contributed by atoms with Crippen LogP contribution in [0.5, 0.6) is 5.75 Å². The maximum absolute atomic E-state index is 9.63. The van der Waals surface area contributed by atoms with Crippen LogP contribution in [0.2, 0.25) is 0 Å². The molecule has 0 aliphatic carbocycles. The number of hydrogen-bond donors (Lipinski definition) is 1. The van der Waals surface area contributed by atoms with Crippen LogP contribution in [0.15, 0.2) is 48.5 Å². The third-order valence-corrected chi connectivity index (χ3v) is 2.86. The minimum atomic E-state index is -1.11. The Morgan fingerprint density at radius 1 is 1.21 bits per heavy atom. The van der Waals surface area contributed by atoms with Gasteiger partial charge in [-0.1, -0.05) is 36.4 Å². The van der Waals surface area contributed by atoms with Gasteiger partial charge in [-0.05, 0) is 30.2 Å². The van der Waals surface area contributed by atoms with Gasteiger partial charge in [0.05, 0.1) is 6.07 Å². The lowest BCUT2D eigenvalue weighted by molar-refractivity contribution is 0.229. The summed E-state index contributed by atoms with van der Waals surface area (Å²) >= 11 is 0. The fourth-order valence-electron chi connectivity index (χ4n) is 1.87. The quantitative estimate of drug-likeness (QED) is 0.852. The Labute approximate surface area is 112 Å². The molecule has 0 bridgehead atoms. The van der Waals surface area contributed by atoms with E-state index in [2.05, 4.69) is 0 Å². The Morgan fingerprint density at radius 3 is 2.74 bits per heavy atom. The molecule has 2 aromatic rings. The molecule has 0 radical (unpaired) electrons. The average molecular weight is 253 g/mol. The predicted octanol–water partition coefficient (Wildman–Crippen LogP) is 3.13. The summed E-state index contributed by atoms with van der Waals surface area (Å²) in [6, 6.07) is 16.8. The summed E-state index contributed by atoms with van der Waals surface area (Å²) in [6.45, 7) is 2.33. The van der Waals surface area contributed by atoms with Crippen LogP contribution in [-0.4, -0.2) is 5.11 Å². The fraction of sp³-hybridized carbons (Fsp3) is 0.188. The number of rotatable bonds is 4. The molecule has 2 aromatic carbocycles. The molecule has 0 aromatic heterocycles. The predicted molar refractivity (Wildman–Crippen MR) is 72.5 cm³/mol. The summed E-state index contributed by atoms with van der Waals surface area (Å²) < 4.78 is 5.69. The van der Waals surface area contributed by atoms with Crippen molar-refractivity contribution in [3.05, 3.63) is 65.2 Å². The number of hydrogen-bond acceptors (Lipinski definition) is 3. The van der Waals surface area contributed by atoms with E-state index >= 15 is 0 Å². The van der Waals surface area contributed by atoms with Crippen molar-refractivity contribution >= 4 is 0 Å². The number of nitriles is 1. The van der Waals surface area contributed by atoms with Crippen molar-refractivity contribution in [2.24, 2.45) is 0 Å². The van der Waals surface area contributed by atoms with Crippen molar-refractivity contribution in [1.82, 2.24) is 0 Å². The van der Waals surface area contributed by atoms with Crippen molar-refractivity contribution in [3.8, 4) is 11.8 Å². The second-order valence-electron chi connectivity index (χ2n) is 4.34. The largest absolute Gasteiger partial charge is 0.489 e. The zero-order chi connectivity index (χ0) is 13.7. The third-order valence-electron chi connectivity index (χ3n) is 2.86. The van der Waals surface area contributed by atoms with Crippen LogP contribution in [0, 0.1) is 18.3 Å². The van der Waals surface area contributed by atoms with Gasteiger partial charge in [-0.2, -0.15) is 5.26 Å². The highest BCUT2D eigenvalue weighted by molar-refractivity contribution is 5.33. The van der Waals surface area contributed by atoms with Gasteiger partial charge in [0.25, 0.3) is 0 Å². The molecular weight excluding hydrogens is 238 g/mol.